The second-order valence-electron chi connectivity index (χ2n) is 8.81. The Hall–Kier alpha value is -2.69. The molecule has 0 saturated carbocycles. The van der Waals surface area contributed by atoms with Crippen LogP contribution in [0.4, 0.5) is 5.69 Å². The zero-order chi connectivity index (χ0) is 21.3. The number of ether oxygens (including phenoxy) is 2. The molecule has 5 heteroatoms. The zero-order valence-electron chi connectivity index (χ0n) is 18.4. The standard InChI is InChI=1S/C25H32N2O3/c1-5-6-16(2)18-8-9-20(23-22(18)26-11-14-30-23)25(3,4)17-7-10-21-19(15-17)24(28)27-12-13-29-21/h7-10,15-16,26H,5-6,11-14H2,1-4H3,(H,27,28). The van der Waals surface area contributed by atoms with E-state index in [1.165, 1.54) is 5.56 Å². The van der Waals surface area contributed by atoms with E-state index in [2.05, 4.69) is 56.5 Å². The van der Waals surface area contributed by atoms with Crippen LogP contribution in [0.15, 0.2) is 30.3 Å². The smallest absolute Gasteiger partial charge is 0.255 e. The molecule has 0 bridgehead atoms. The maximum atomic E-state index is 12.5. The van der Waals surface area contributed by atoms with Crippen molar-refractivity contribution >= 4 is 11.6 Å². The van der Waals surface area contributed by atoms with Crippen molar-refractivity contribution in [2.24, 2.45) is 0 Å². The van der Waals surface area contributed by atoms with Crippen LogP contribution in [0.25, 0.3) is 0 Å². The van der Waals surface area contributed by atoms with Gasteiger partial charge >= 0.3 is 0 Å². The van der Waals surface area contributed by atoms with Gasteiger partial charge in [-0.05, 0) is 35.6 Å². The van der Waals surface area contributed by atoms with Crippen LogP contribution >= 0.6 is 0 Å². The number of nitrogens with one attached hydrogen (secondary N) is 2. The molecule has 2 aromatic rings. The molecule has 1 atom stereocenters. The van der Waals surface area contributed by atoms with Crippen LogP contribution in [0.3, 0.4) is 0 Å². The molecule has 0 fully saturated rings. The SMILES string of the molecule is CCCC(C)c1ccc(C(C)(C)c2ccc3c(c2)C(=O)NCCO3)c2c1NCCO2. The first-order valence-corrected chi connectivity index (χ1v) is 11.0. The molecule has 2 N–H and O–H groups in total. The lowest BCUT2D eigenvalue weighted by Crippen LogP contribution is -2.27. The fourth-order valence-corrected chi connectivity index (χ4v) is 4.55. The van der Waals surface area contributed by atoms with Gasteiger partial charge in [0.1, 0.15) is 24.7 Å². The first kappa shape index (κ1) is 20.6. The summed E-state index contributed by atoms with van der Waals surface area (Å²) in [7, 11) is 0. The minimum absolute atomic E-state index is 0.0798. The summed E-state index contributed by atoms with van der Waals surface area (Å²) in [6.45, 7) is 11.4. The first-order valence-electron chi connectivity index (χ1n) is 11.0. The Balaban J connectivity index is 1.79. The summed E-state index contributed by atoms with van der Waals surface area (Å²) in [5, 5.41) is 6.49. The third-order valence-corrected chi connectivity index (χ3v) is 6.36. The summed E-state index contributed by atoms with van der Waals surface area (Å²) in [6, 6.07) is 10.4. The lowest BCUT2D eigenvalue weighted by molar-refractivity contribution is 0.0957. The number of carbonyl (C=O) groups is 1. The highest BCUT2D eigenvalue weighted by molar-refractivity contribution is 5.97. The number of amides is 1. The van der Waals surface area contributed by atoms with E-state index in [9.17, 15) is 4.79 Å². The Labute approximate surface area is 179 Å². The summed E-state index contributed by atoms with van der Waals surface area (Å²) in [5.74, 6) is 1.99. The van der Waals surface area contributed by atoms with Gasteiger partial charge in [0.2, 0.25) is 0 Å². The molecule has 2 aromatic carbocycles. The van der Waals surface area contributed by atoms with E-state index in [1.807, 2.05) is 12.1 Å². The van der Waals surface area contributed by atoms with Gasteiger partial charge in [0.25, 0.3) is 5.91 Å². The summed E-state index contributed by atoms with van der Waals surface area (Å²) < 4.78 is 11.9. The number of anilines is 1. The monoisotopic (exact) mass is 408 g/mol. The van der Waals surface area contributed by atoms with Gasteiger partial charge in [0.05, 0.1) is 17.8 Å². The minimum Gasteiger partial charge on any atom is -0.491 e. The number of rotatable bonds is 5. The zero-order valence-corrected chi connectivity index (χ0v) is 18.4. The minimum atomic E-state index is -0.336. The highest BCUT2D eigenvalue weighted by atomic mass is 16.5. The average molecular weight is 409 g/mol. The predicted octanol–water partition coefficient (Wildman–Crippen LogP) is 4.84. The van der Waals surface area contributed by atoms with E-state index in [1.54, 1.807) is 0 Å². The highest BCUT2D eigenvalue weighted by Crippen LogP contribution is 2.46. The van der Waals surface area contributed by atoms with E-state index >= 15 is 0 Å². The van der Waals surface area contributed by atoms with Gasteiger partial charge in [-0.25, -0.2) is 0 Å². The first-order chi connectivity index (χ1) is 14.4. The third-order valence-electron chi connectivity index (χ3n) is 6.36. The van der Waals surface area contributed by atoms with Crippen LogP contribution in [0.2, 0.25) is 0 Å². The van der Waals surface area contributed by atoms with Crippen molar-refractivity contribution in [3.8, 4) is 11.5 Å². The molecule has 2 aliphatic heterocycles. The average Bonchev–Trinajstić information content (AvgIpc) is 2.94. The van der Waals surface area contributed by atoms with Crippen LogP contribution < -0.4 is 20.1 Å². The highest BCUT2D eigenvalue weighted by Gasteiger charge is 2.32. The lowest BCUT2D eigenvalue weighted by Gasteiger charge is -2.33. The van der Waals surface area contributed by atoms with Gasteiger partial charge in [0.15, 0.2) is 0 Å². The molecule has 0 aliphatic carbocycles. The molecular weight excluding hydrogens is 376 g/mol. The van der Waals surface area contributed by atoms with Crippen molar-refractivity contribution in [3.05, 3.63) is 52.6 Å². The Morgan fingerprint density at radius 1 is 1.07 bits per heavy atom. The van der Waals surface area contributed by atoms with Crippen LogP contribution in [0, 0.1) is 0 Å². The van der Waals surface area contributed by atoms with Crippen molar-refractivity contribution in [2.75, 3.05) is 31.6 Å². The molecule has 0 spiro atoms. The van der Waals surface area contributed by atoms with E-state index < -0.39 is 0 Å². The summed E-state index contributed by atoms with van der Waals surface area (Å²) >= 11 is 0. The number of benzene rings is 2. The Bertz CT molecular complexity index is 952. The van der Waals surface area contributed by atoms with Crippen LogP contribution in [0.1, 0.15) is 73.5 Å². The van der Waals surface area contributed by atoms with E-state index in [4.69, 9.17) is 9.47 Å². The van der Waals surface area contributed by atoms with Crippen LogP contribution in [-0.4, -0.2) is 32.2 Å². The van der Waals surface area contributed by atoms with Crippen molar-refractivity contribution in [1.82, 2.24) is 5.32 Å². The fraction of sp³-hybridized carbons (Fsp3) is 0.480. The Morgan fingerprint density at radius 3 is 2.63 bits per heavy atom. The predicted molar refractivity (Wildman–Crippen MR) is 120 cm³/mol. The van der Waals surface area contributed by atoms with Gasteiger partial charge in [0, 0.05) is 17.5 Å². The quantitative estimate of drug-likeness (QED) is 0.743. The molecule has 30 heavy (non-hydrogen) atoms. The molecule has 0 saturated heterocycles. The topological polar surface area (TPSA) is 59.6 Å². The molecule has 160 valence electrons. The van der Waals surface area contributed by atoms with Gasteiger partial charge in [-0.15, -0.1) is 0 Å². The number of hydrogen-bond donors (Lipinski definition) is 2. The fourth-order valence-electron chi connectivity index (χ4n) is 4.55. The number of fused-ring (bicyclic) bond motifs is 2. The Morgan fingerprint density at radius 2 is 1.83 bits per heavy atom. The lowest BCUT2D eigenvalue weighted by atomic mass is 9.75. The van der Waals surface area contributed by atoms with Gasteiger partial charge in [-0.3, -0.25) is 4.79 Å². The summed E-state index contributed by atoms with van der Waals surface area (Å²) in [5.41, 5.74) is 4.90. The van der Waals surface area contributed by atoms with Gasteiger partial charge in [-0.1, -0.05) is 52.3 Å². The van der Waals surface area contributed by atoms with Crippen LogP contribution in [-0.2, 0) is 5.41 Å². The molecule has 0 aromatic heterocycles. The maximum absolute atomic E-state index is 12.5. The van der Waals surface area contributed by atoms with Gasteiger partial charge < -0.3 is 20.1 Å². The summed E-state index contributed by atoms with van der Waals surface area (Å²) in [6.07, 6.45) is 2.31. The molecule has 5 nitrogen and oxygen atoms in total. The summed E-state index contributed by atoms with van der Waals surface area (Å²) in [4.78, 5) is 12.5. The van der Waals surface area contributed by atoms with E-state index in [-0.39, 0.29) is 11.3 Å². The second-order valence-corrected chi connectivity index (χ2v) is 8.81. The largest absolute Gasteiger partial charge is 0.491 e. The van der Waals surface area contributed by atoms with Crippen LogP contribution in [0.5, 0.6) is 11.5 Å². The molecule has 1 amide bonds. The molecule has 0 radical (unpaired) electrons. The number of hydrogen-bond acceptors (Lipinski definition) is 4. The van der Waals surface area contributed by atoms with Crippen molar-refractivity contribution < 1.29 is 14.3 Å². The van der Waals surface area contributed by atoms with E-state index in [0.29, 0.717) is 37.0 Å². The second kappa shape index (κ2) is 8.21. The van der Waals surface area contributed by atoms with Crippen molar-refractivity contribution in [3.63, 3.8) is 0 Å². The third kappa shape index (κ3) is 3.62. The Kier molecular flexibility index (Phi) is 5.63. The molecule has 4 rings (SSSR count). The van der Waals surface area contributed by atoms with Gasteiger partial charge in [-0.2, -0.15) is 0 Å². The molecular formula is C25H32N2O3. The molecule has 2 heterocycles. The van der Waals surface area contributed by atoms with Crippen molar-refractivity contribution in [1.29, 1.82) is 0 Å². The number of carbonyl (C=O) groups excluding carboxylic acids is 1. The molecule has 1 unspecified atom stereocenters. The maximum Gasteiger partial charge on any atom is 0.255 e. The van der Waals surface area contributed by atoms with Crippen molar-refractivity contribution in [2.45, 2.75) is 51.9 Å². The molecule has 2 aliphatic rings. The van der Waals surface area contributed by atoms with E-state index in [0.717, 1.165) is 42.0 Å². The normalized spacial score (nSPS) is 16.7.